The van der Waals surface area contributed by atoms with Crippen molar-refractivity contribution in [3.05, 3.63) is 41.1 Å². The summed E-state index contributed by atoms with van der Waals surface area (Å²) in [5.74, 6) is 0.697. The van der Waals surface area contributed by atoms with E-state index in [1.54, 1.807) is 18.7 Å². The van der Waals surface area contributed by atoms with Crippen LogP contribution < -0.4 is 4.74 Å². The summed E-state index contributed by atoms with van der Waals surface area (Å²) in [6, 6.07) is 7.00. The largest absolute Gasteiger partial charge is 0.493 e. The first kappa shape index (κ1) is 20.5. The fourth-order valence-corrected chi connectivity index (χ4v) is 4.23. The van der Waals surface area contributed by atoms with E-state index in [2.05, 4.69) is 18.8 Å². The Bertz CT molecular complexity index is 829. The van der Waals surface area contributed by atoms with Crippen LogP contribution in [0.25, 0.3) is 0 Å². The average molecular weight is 403 g/mol. The normalized spacial score (nSPS) is 21.7. The summed E-state index contributed by atoms with van der Waals surface area (Å²) in [6.45, 7) is 10.5. The molecule has 2 atom stereocenters. The van der Waals surface area contributed by atoms with Gasteiger partial charge in [-0.1, -0.05) is 37.7 Å². The van der Waals surface area contributed by atoms with Gasteiger partial charge in [-0.15, -0.1) is 0 Å². The molecule has 1 aromatic rings. The van der Waals surface area contributed by atoms with Gasteiger partial charge in [0.15, 0.2) is 5.17 Å². The lowest BCUT2D eigenvalue weighted by Gasteiger charge is -2.33. The highest BCUT2D eigenvalue weighted by molar-refractivity contribution is 8.15. The number of carbonyl (C=O) groups excluding carboxylic acids is 2. The highest BCUT2D eigenvalue weighted by atomic mass is 32.2. The molecule has 150 valence electrons. The Kier molecular flexibility index (Phi) is 6.13. The van der Waals surface area contributed by atoms with Crippen LogP contribution in [-0.2, 0) is 14.3 Å². The maximum absolute atomic E-state index is 12.8. The lowest BCUT2D eigenvalue weighted by molar-refractivity contribution is -0.139. The second-order valence-electron chi connectivity index (χ2n) is 7.26. The second-order valence-corrected chi connectivity index (χ2v) is 8.57. The number of esters is 1. The third-order valence-electron chi connectivity index (χ3n) is 4.53. The van der Waals surface area contributed by atoms with Crippen molar-refractivity contribution in [1.82, 2.24) is 4.90 Å². The van der Waals surface area contributed by atoms with E-state index >= 15 is 0 Å². The van der Waals surface area contributed by atoms with E-state index < -0.39 is 12.0 Å². The van der Waals surface area contributed by atoms with E-state index in [1.807, 2.05) is 31.2 Å². The molecule has 2 heterocycles. The lowest BCUT2D eigenvalue weighted by atomic mass is 9.94. The zero-order valence-electron chi connectivity index (χ0n) is 16.9. The molecule has 3 rings (SSSR count). The predicted octanol–water partition coefficient (Wildman–Crippen LogP) is 3.93. The first-order valence-corrected chi connectivity index (χ1v) is 10.4. The highest BCUT2D eigenvalue weighted by Crippen LogP contribution is 2.43. The number of rotatable bonds is 6. The summed E-state index contributed by atoms with van der Waals surface area (Å²) in [4.78, 5) is 31.7. The molecule has 7 heteroatoms. The van der Waals surface area contributed by atoms with Crippen LogP contribution in [0.3, 0.4) is 0 Å². The molecule has 0 spiro atoms. The number of hydrogen-bond donors (Lipinski definition) is 0. The Morgan fingerprint density at radius 2 is 1.96 bits per heavy atom. The first-order valence-electron chi connectivity index (χ1n) is 9.52. The molecule has 1 saturated heterocycles. The fourth-order valence-electron chi connectivity index (χ4n) is 3.20. The number of carbonyl (C=O) groups is 2. The van der Waals surface area contributed by atoms with Gasteiger partial charge in [-0.25, -0.2) is 9.79 Å². The quantitative estimate of drug-likeness (QED) is 0.675. The average Bonchev–Trinajstić information content (AvgIpc) is 2.93. The smallest absolute Gasteiger partial charge is 0.338 e. The molecule has 0 radical (unpaired) electrons. The minimum Gasteiger partial charge on any atom is -0.493 e. The summed E-state index contributed by atoms with van der Waals surface area (Å²) in [5, 5.41) is 0.400. The Morgan fingerprint density at radius 3 is 2.57 bits per heavy atom. The minimum absolute atomic E-state index is 0.0526. The van der Waals surface area contributed by atoms with E-state index in [1.165, 1.54) is 11.8 Å². The Hall–Kier alpha value is -2.28. The molecular formula is C21H26N2O4S. The van der Waals surface area contributed by atoms with Crippen LogP contribution in [0, 0.1) is 5.92 Å². The number of ether oxygens (including phenoxy) is 2. The number of hydrogen-bond acceptors (Lipinski definition) is 6. The summed E-state index contributed by atoms with van der Waals surface area (Å²) >= 11 is 1.42. The molecule has 2 aliphatic rings. The Balaban J connectivity index is 1.99. The molecule has 0 bridgehead atoms. The van der Waals surface area contributed by atoms with Crippen molar-refractivity contribution in [3.8, 4) is 5.75 Å². The molecule has 6 nitrogen and oxygen atoms in total. The molecule has 1 amide bonds. The molecule has 2 unspecified atom stereocenters. The van der Waals surface area contributed by atoms with Crippen LogP contribution in [0.1, 0.15) is 46.2 Å². The Morgan fingerprint density at radius 1 is 1.29 bits per heavy atom. The van der Waals surface area contributed by atoms with Crippen LogP contribution >= 0.6 is 11.8 Å². The van der Waals surface area contributed by atoms with Crippen molar-refractivity contribution in [2.75, 3.05) is 13.2 Å². The highest BCUT2D eigenvalue weighted by Gasteiger charge is 2.46. The number of benzene rings is 1. The molecule has 0 aliphatic carbocycles. The molecular weight excluding hydrogens is 376 g/mol. The molecule has 0 N–H and O–H groups in total. The second kappa shape index (κ2) is 8.39. The van der Waals surface area contributed by atoms with Crippen molar-refractivity contribution in [1.29, 1.82) is 0 Å². The minimum atomic E-state index is -0.546. The van der Waals surface area contributed by atoms with Gasteiger partial charge in [-0.05, 0) is 44.4 Å². The zero-order chi connectivity index (χ0) is 20.4. The van der Waals surface area contributed by atoms with Gasteiger partial charge in [0.2, 0.25) is 5.91 Å². The maximum Gasteiger partial charge on any atom is 0.338 e. The van der Waals surface area contributed by atoms with Gasteiger partial charge in [-0.2, -0.15) is 0 Å². The van der Waals surface area contributed by atoms with Gasteiger partial charge in [0.25, 0.3) is 0 Å². The van der Waals surface area contributed by atoms with E-state index in [4.69, 9.17) is 9.47 Å². The number of amidine groups is 1. The van der Waals surface area contributed by atoms with Gasteiger partial charge in [-0.3, -0.25) is 9.69 Å². The number of nitrogens with zero attached hydrogens (tertiary/aromatic N) is 2. The Labute approximate surface area is 170 Å². The lowest BCUT2D eigenvalue weighted by Crippen LogP contribution is -2.40. The van der Waals surface area contributed by atoms with E-state index in [9.17, 15) is 9.59 Å². The van der Waals surface area contributed by atoms with E-state index in [-0.39, 0.29) is 17.8 Å². The summed E-state index contributed by atoms with van der Waals surface area (Å²) in [6.07, 6.45) is 0. The molecule has 2 aliphatic heterocycles. The standard InChI is InChI=1S/C21H26N2O4S/c1-6-26-20(25)17-13(4)22-21-23(19(24)14(5)28-21)18(17)15-7-9-16(10-8-15)27-11-12(2)3/h7-10,12,14,18H,6,11H2,1-5H3. The van der Waals surface area contributed by atoms with Crippen molar-refractivity contribution in [3.63, 3.8) is 0 Å². The summed E-state index contributed by atoms with van der Waals surface area (Å²) in [7, 11) is 0. The number of allylic oxidation sites excluding steroid dienone is 1. The summed E-state index contributed by atoms with van der Waals surface area (Å²) < 4.78 is 11.0. The number of amides is 1. The van der Waals surface area contributed by atoms with Crippen molar-refractivity contribution in [2.24, 2.45) is 10.9 Å². The number of thioether (sulfide) groups is 1. The maximum atomic E-state index is 12.8. The number of fused-ring (bicyclic) bond motifs is 1. The monoisotopic (exact) mass is 402 g/mol. The predicted molar refractivity (Wildman–Crippen MR) is 110 cm³/mol. The fraction of sp³-hybridized carbons (Fsp3) is 0.476. The summed E-state index contributed by atoms with van der Waals surface area (Å²) in [5.41, 5.74) is 1.82. The van der Waals surface area contributed by atoms with Crippen LogP contribution in [0.4, 0.5) is 0 Å². The van der Waals surface area contributed by atoms with E-state index in [0.717, 1.165) is 11.3 Å². The van der Waals surface area contributed by atoms with E-state index in [0.29, 0.717) is 29.0 Å². The SMILES string of the molecule is CCOC(=O)C1=C(C)N=C2SC(C)C(=O)N2C1c1ccc(OCC(C)C)cc1. The topological polar surface area (TPSA) is 68.2 Å². The first-order chi connectivity index (χ1) is 13.3. The van der Waals surface area contributed by atoms with Gasteiger partial charge >= 0.3 is 5.97 Å². The molecule has 28 heavy (non-hydrogen) atoms. The van der Waals surface area contributed by atoms with Gasteiger partial charge in [0.05, 0.1) is 35.8 Å². The van der Waals surface area contributed by atoms with Crippen molar-refractivity contribution < 1.29 is 19.1 Å². The van der Waals surface area contributed by atoms with Crippen LogP contribution in [-0.4, -0.2) is 40.4 Å². The van der Waals surface area contributed by atoms with Crippen LogP contribution in [0.15, 0.2) is 40.5 Å². The third kappa shape index (κ3) is 3.94. The van der Waals surface area contributed by atoms with Gasteiger partial charge < -0.3 is 9.47 Å². The van der Waals surface area contributed by atoms with Crippen molar-refractivity contribution in [2.45, 2.75) is 45.9 Å². The number of aliphatic imine (C=N–C) groups is 1. The zero-order valence-corrected chi connectivity index (χ0v) is 17.7. The molecule has 0 saturated carbocycles. The molecule has 1 aromatic carbocycles. The van der Waals surface area contributed by atoms with Crippen molar-refractivity contribution >= 4 is 28.8 Å². The van der Waals surface area contributed by atoms with Crippen LogP contribution in [0.2, 0.25) is 0 Å². The van der Waals surface area contributed by atoms with Gasteiger partial charge in [0.1, 0.15) is 5.75 Å². The molecule has 0 aromatic heterocycles. The van der Waals surface area contributed by atoms with Crippen LogP contribution in [0.5, 0.6) is 5.75 Å². The third-order valence-corrected chi connectivity index (χ3v) is 5.59. The van der Waals surface area contributed by atoms with Gasteiger partial charge in [0, 0.05) is 0 Å². The molecule has 1 fully saturated rings.